The summed E-state index contributed by atoms with van der Waals surface area (Å²) in [4.78, 5) is 28.1. The summed E-state index contributed by atoms with van der Waals surface area (Å²) >= 11 is 0. The molecule has 0 saturated heterocycles. The maximum atomic E-state index is 13.9. The molecule has 8 nitrogen and oxygen atoms in total. The van der Waals surface area contributed by atoms with Crippen LogP contribution < -0.4 is 14.4 Å². The molecule has 1 atom stereocenters. The van der Waals surface area contributed by atoms with Gasteiger partial charge in [-0.2, -0.15) is 0 Å². The monoisotopic (exact) mass is 541 g/mol. The van der Waals surface area contributed by atoms with Crippen LogP contribution in [0.3, 0.4) is 0 Å². The molecule has 0 aliphatic heterocycles. The zero-order valence-corrected chi connectivity index (χ0v) is 22.4. The van der Waals surface area contributed by atoms with Crippen molar-refractivity contribution in [3.8, 4) is 5.75 Å². The standard InChI is InChI=1S/C28H32FN3O5S/c1-4-26(28(34)30-5-2)31(19-21-14-16-22(29)17-15-21)27(33)20-32(23-10-9-11-24(18-23)37-3)38(35,36)25-12-7-6-8-13-25/h6-18,26H,4-5,19-20H2,1-3H3,(H,30,34)/t26-/m1/s1. The summed E-state index contributed by atoms with van der Waals surface area (Å²) in [6.07, 6.45) is 0.295. The fourth-order valence-electron chi connectivity index (χ4n) is 4.01. The number of nitrogens with one attached hydrogen (secondary N) is 1. The van der Waals surface area contributed by atoms with Crippen molar-refractivity contribution in [1.29, 1.82) is 0 Å². The number of hydrogen-bond acceptors (Lipinski definition) is 5. The van der Waals surface area contributed by atoms with E-state index in [1.165, 1.54) is 54.5 Å². The number of rotatable bonds is 12. The Hall–Kier alpha value is -3.92. The zero-order valence-electron chi connectivity index (χ0n) is 21.6. The molecular weight excluding hydrogens is 509 g/mol. The molecule has 10 heteroatoms. The molecule has 0 aliphatic rings. The molecule has 202 valence electrons. The van der Waals surface area contributed by atoms with E-state index in [1.807, 2.05) is 0 Å². The fourth-order valence-corrected chi connectivity index (χ4v) is 5.44. The second-order valence-electron chi connectivity index (χ2n) is 8.49. The van der Waals surface area contributed by atoms with Gasteiger partial charge in [0.2, 0.25) is 11.8 Å². The minimum absolute atomic E-state index is 0.00785. The Balaban J connectivity index is 2.06. The van der Waals surface area contributed by atoms with E-state index in [2.05, 4.69) is 5.32 Å². The molecule has 2 amide bonds. The minimum atomic E-state index is -4.17. The smallest absolute Gasteiger partial charge is 0.264 e. The number of halogens is 1. The molecule has 3 rings (SSSR count). The number of methoxy groups -OCH3 is 1. The molecule has 38 heavy (non-hydrogen) atoms. The number of nitrogens with zero attached hydrogens (tertiary/aromatic N) is 2. The van der Waals surface area contributed by atoms with Crippen molar-refractivity contribution in [2.75, 3.05) is 24.5 Å². The van der Waals surface area contributed by atoms with Gasteiger partial charge in [-0.25, -0.2) is 12.8 Å². The SMILES string of the molecule is CCNC(=O)[C@@H](CC)N(Cc1ccc(F)cc1)C(=O)CN(c1cccc(OC)c1)S(=O)(=O)c1ccccc1. The van der Waals surface area contributed by atoms with Crippen LogP contribution in [0.15, 0.2) is 83.8 Å². The lowest BCUT2D eigenvalue weighted by molar-refractivity contribution is -0.140. The first-order valence-corrected chi connectivity index (χ1v) is 13.7. The molecule has 0 unspecified atom stereocenters. The molecule has 0 bridgehead atoms. The average Bonchev–Trinajstić information content (AvgIpc) is 2.93. The van der Waals surface area contributed by atoms with Crippen LogP contribution in [0.4, 0.5) is 10.1 Å². The molecule has 0 aromatic heterocycles. The molecule has 0 fully saturated rings. The maximum absolute atomic E-state index is 13.9. The number of likely N-dealkylation sites (N-methyl/N-ethyl adjacent to an activating group) is 1. The predicted molar refractivity (Wildman–Crippen MR) is 144 cm³/mol. The van der Waals surface area contributed by atoms with Crippen molar-refractivity contribution < 1.29 is 27.1 Å². The quantitative estimate of drug-likeness (QED) is 0.374. The molecule has 0 heterocycles. The number of anilines is 1. The number of benzene rings is 3. The molecule has 0 spiro atoms. The second kappa shape index (κ2) is 13.0. The lowest BCUT2D eigenvalue weighted by atomic mass is 10.1. The second-order valence-corrected chi connectivity index (χ2v) is 10.4. The van der Waals surface area contributed by atoms with E-state index < -0.39 is 34.3 Å². The van der Waals surface area contributed by atoms with Crippen LogP contribution in [0.2, 0.25) is 0 Å². The summed E-state index contributed by atoms with van der Waals surface area (Å²) in [5, 5.41) is 2.74. The first-order chi connectivity index (χ1) is 18.2. The van der Waals surface area contributed by atoms with Crippen LogP contribution in [0, 0.1) is 5.82 Å². The van der Waals surface area contributed by atoms with Gasteiger partial charge in [0.25, 0.3) is 10.0 Å². The summed E-state index contributed by atoms with van der Waals surface area (Å²) in [7, 11) is -2.71. The summed E-state index contributed by atoms with van der Waals surface area (Å²) in [6.45, 7) is 3.33. The highest BCUT2D eigenvalue weighted by Crippen LogP contribution is 2.27. The van der Waals surface area contributed by atoms with Crippen molar-refractivity contribution in [1.82, 2.24) is 10.2 Å². The highest BCUT2D eigenvalue weighted by atomic mass is 32.2. The number of sulfonamides is 1. The Morgan fingerprint density at radius 1 is 0.974 bits per heavy atom. The van der Waals surface area contributed by atoms with Gasteiger partial charge < -0.3 is 15.0 Å². The third-order valence-electron chi connectivity index (χ3n) is 5.95. The van der Waals surface area contributed by atoms with Crippen molar-refractivity contribution in [2.24, 2.45) is 0 Å². The average molecular weight is 542 g/mol. The third kappa shape index (κ3) is 6.89. The normalized spacial score (nSPS) is 11.9. The Morgan fingerprint density at radius 2 is 1.66 bits per heavy atom. The van der Waals surface area contributed by atoms with Crippen LogP contribution in [0.1, 0.15) is 25.8 Å². The highest BCUT2D eigenvalue weighted by molar-refractivity contribution is 7.92. The van der Waals surface area contributed by atoms with E-state index in [-0.39, 0.29) is 23.0 Å². The number of carbonyl (C=O) groups is 2. The zero-order chi connectivity index (χ0) is 27.7. The van der Waals surface area contributed by atoms with Gasteiger partial charge in [-0.1, -0.05) is 43.3 Å². The lowest BCUT2D eigenvalue weighted by Gasteiger charge is -2.33. The molecule has 3 aromatic rings. The van der Waals surface area contributed by atoms with Crippen LogP contribution in [-0.2, 0) is 26.2 Å². The lowest BCUT2D eigenvalue weighted by Crippen LogP contribution is -2.52. The van der Waals surface area contributed by atoms with Gasteiger partial charge in [-0.05, 0) is 55.3 Å². The van der Waals surface area contributed by atoms with E-state index >= 15 is 0 Å². The van der Waals surface area contributed by atoms with Gasteiger partial charge in [0.05, 0.1) is 17.7 Å². The third-order valence-corrected chi connectivity index (χ3v) is 7.74. The summed E-state index contributed by atoms with van der Waals surface area (Å²) < 4.78 is 47.3. The number of ether oxygens (including phenoxy) is 1. The Kier molecular flexibility index (Phi) is 9.84. The summed E-state index contributed by atoms with van der Waals surface area (Å²) in [5.74, 6) is -0.959. The molecule has 0 aliphatic carbocycles. The molecule has 0 saturated carbocycles. The van der Waals surface area contributed by atoms with E-state index in [9.17, 15) is 22.4 Å². The van der Waals surface area contributed by atoms with Gasteiger partial charge in [0.1, 0.15) is 24.2 Å². The molecule has 0 radical (unpaired) electrons. The predicted octanol–water partition coefficient (Wildman–Crippen LogP) is 3.97. The largest absolute Gasteiger partial charge is 0.497 e. The van der Waals surface area contributed by atoms with Crippen molar-refractivity contribution in [3.63, 3.8) is 0 Å². The van der Waals surface area contributed by atoms with Gasteiger partial charge in [0.15, 0.2) is 0 Å². The van der Waals surface area contributed by atoms with Gasteiger partial charge in [-0.15, -0.1) is 0 Å². The van der Waals surface area contributed by atoms with Crippen molar-refractivity contribution in [2.45, 2.75) is 37.8 Å². The molecular formula is C28H32FN3O5S. The van der Waals surface area contributed by atoms with Gasteiger partial charge in [0, 0.05) is 19.2 Å². The van der Waals surface area contributed by atoms with Crippen LogP contribution >= 0.6 is 0 Å². The van der Waals surface area contributed by atoms with Crippen LogP contribution in [-0.4, -0.2) is 51.4 Å². The first-order valence-electron chi connectivity index (χ1n) is 12.2. The van der Waals surface area contributed by atoms with Crippen molar-refractivity contribution >= 4 is 27.5 Å². The Labute approximate surface area is 223 Å². The number of hydrogen-bond donors (Lipinski definition) is 1. The number of amides is 2. The van der Waals surface area contributed by atoms with Gasteiger partial charge >= 0.3 is 0 Å². The van der Waals surface area contributed by atoms with E-state index in [0.29, 0.717) is 24.3 Å². The number of carbonyl (C=O) groups excluding carboxylic acids is 2. The maximum Gasteiger partial charge on any atom is 0.264 e. The highest BCUT2D eigenvalue weighted by Gasteiger charge is 2.33. The first kappa shape index (κ1) is 28.6. The fraction of sp³-hybridized carbons (Fsp3) is 0.286. The van der Waals surface area contributed by atoms with E-state index in [0.717, 1.165) is 4.31 Å². The van der Waals surface area contributed by atoms with Crippen LogP contribution in [0.5, 0.6) is 5.75 Å². The van der Waals surface area contributed by atoms with Crippen molar-refractivity contribution in [3.05, 3.63) is 90.2 Å². The van der Waals surface area contributed by atoms with Gasteiger partial charge in [-0.3, -0.25) is 13.9 Å². The topological polar surface area (TPSA) is 96.0 Å². The molecule has 3 aromatic carbocycles. The summed E-state index contributed by atoms with van der Waals surface area (Å²) in [5.41, 5.74) is 0.829. The summed E-state index contributed by atoms with van der Waals surface area (Å²) in [6, 6.07) is 18.9. The van der Waals surface area contributed by atoms with Crippen LogP contribution in [0.25, 0.3) is 0 Å². The Morgan fingerprint density at radius 3 is 2.26 bits per heavy atom. The molecule has 1 N–H and O–H groups in total. The Bertz CT molecular complexity index is 1330. The van der Waals surface area contributed by atoms with E-state index in [1.54, 1.807) is 50.2 Å². The van der Waals surface area contributed by atoms with E-state index in [4.69, 9.17) is 4.74 Å². The minimum Gasteiger partial charge on any atom is -0.497 e.